The van der Waals surface area contributed by atoms with Gasteiger partial charge in [-0.1, -0.05) is 60.7 Å². The Hall–Kier alpha value is -2.98. The Bertz CT molecular complexity index is 1430. The molecule has 1 unspecified atom stereocenters. The van der Waals surface area contributed by atoms with Crippen molar-refractivity contribution in [2.45, 2.75) is 22.7 Å². The van der Waals surface area contributed by atoms with Crippen molar-refractivity contribution < 1.29 is 22.5 Å². The third kappa shape index (κ3) is 5.56. The van der Waals surface area contributed by atoms with Gasteiger partial charge in [0, 0.05) is 24.3 Å². The summed E-state index contributed by atoms with van der Waals surface area (Å²) in [7, 11) is -1.79. The molecule has 0 aromatic heterocycles. The highest BCUT2D eigenvalue weighted by Crippen LogP contribution is 2.33. The number of amides is 1. The van der Waals surface area contributed by atoms with Crippen molar-refractivity contribution in [2.75, 3.05) is 32.4 Å². The maximum atomic E-state index is 14.2. The minimum Gasteiger partial charge on any atom is -0.343 e. The van der Waals surface area contributed by atoms with E-state index in [0.717, 1.165) is 30.6 Å². The zero-order valence-electron chi connectivity index (χ0n) is 21.1. The lowest BCUT2D eigenvalue weighted by molar-refractivity contribution is -0.874. The number of nitrogens with zero attached hydrogens (tertiary/aromatic N) is 1. The number of sulfonamides is 1. The van der Waals surface area contributed by atoms with Gasteiger partial charge in [-0.25, -0.2) is 12.8 Å². The van der Waals surface area contributed by atoms with Gasteiger partial charge >= 0.3 is 0 Å². The number of rotatable bonds is 7. The van der Waals surface area contributed by atoms with E-state index in [4.69, 9.17) is 0 Å². The molecule has 38 heavy (non-hydrogen) atoms. The molecule has 0 bridgehead atoms. The molecule has 3 aromatic carbocycles. The van der Waals surface area contributed by atoms with Gasteiger partial charge in [0.05, 0.1) is 31.1 Å². The quantitative estimate of drug-likeness (QED) is 0.442. The fourth-order valence-corrected chi connectivity index (χ4v) is 8.01. The maximum Gasteiger partial charge on any atom is 0.249 e. The van der Waals surface area contributed by atoms with Gasteiger partial charge in [-0.3, -0.25) is 4.79 Å². The molecule has 3 atom stereocenters. The molecule has 9 heteroatoms. The molecular weight excluding hydrogens is 521 g/mol. The van der Waals surface area contributed by atoms with Crippen molar-refractivity contribution in [3.63, 3.8) is 0 Å². The molecule has 2 heterocycles. The van der Waals surface area contributed by atoms with E-state index in [-0.39, 0.29) is 29.2 Å². The van der Waals surface area contributed by atoms with Gasteiger partial charge in [-0.2, -0.15) is 4.31 Å². The highest BCUT2D eigenvalue weighted by molar-refractivity contribution is 8.02. The molecule has 2 N–H and O–H groups in total. The van der Waals surface area contributed by atoms with Crippen LogP contribution in [0, 0.1) is 5.82 Å². The van der Waals surface area contributed by atoms with Gasteiger partial charge in [-0.15, -0.1) is 11.8 Å². The Morgan fingerprint density at radius 3 is 2.45 bits per heavy atom. The third-order valence-electron chi connectivity index (χ3n) is 7.06. The Labute approximate surface area is 227 Å². The van der Waals surface area contributed by atoms with Crippen LogP contribution in [0.3, 0.4) is 0 Å². The van der Waals surface area contributed by atoms with Gasteiger partial charge in [0.25, 0.3) is 0 Å². The number of hydrogen-bond donors (Lipinski definition) is 2. The number of carbonyl (C=O) groups is 1. The predicted molar refractivity (Wildman–Crippen MR) is 149 cm³/mol. The van der Waals surface area contributed by atoms with Crippen LogP contribution in [0.1, 0.15) is 18.0 Å². The van der Waals surface area contributed by atoms with Gasteiger partial charge < -0.3 is 10.2 Å². The molecule has 3 aromatic rings. The molecule has 6 nitrogen and oxygen atoms in total. The number of thioether (sulfide) groups is 1. The first-order valence-electron chi connectivity index (χ1n) is 12.7. The van der Waals surface area contributed by atoms with Gasteiger partial charge in [0.15, 0.2) is 0 Å². The monoisotopic (exact) mass is 552 g/mol. The fraction of sp³-hybridized carbons (Fsp3) is 0.276. The van der Waals surface area contributed by atoms with E-state index in [0.29, 0.717) is 16.9 Å². The van der Waals surface area contributed by atoms with E-state index in [1.165, 1.54) is 39.2 Å². The summed E-state index contributed by atoms with van der Waals surface area (Å²) in [6, 6.07) is 22.0. The number of halogens is 1. The van der Waals surface area contributed by atoms with E-state index in [9.17, 15) is 17.6 Å². The lowest BCUT2D eigenvalue weighted by Crippen LogP contribution is -3.09. The minimum atomic E-state index is -3.93. The summed E-state index contributed by atoms with van der Waals surface area (Å²) in [6.07, 6.45) is 3.05. The van der Waals surface area contributed by atoms with Gasteiger partial charge in [-0.05, 0) is 41.0 Å². The van der Waals surface area contributed by atoms with Crippen LogP contribution in [-0.4, -0.2) is 56.4 Å². The standard InChI is InChI=1S/C29H30FN3O3S2/c1-32-17-15-23(16-18-32)27(22-7-3-2-4-8-22)31-28(34)29-33(19-20-37-29)38(35,36)24-13-11-21(12-14-24)25-9-5-6-10-26(25)30/h2-15,27,29H,16-20H2,1H3,(H,31,34)/p+1/t27-,29+/m1/s1. The van der Waals surface area contributed by atoms with Crippen molar-refractivity contribution in [3.05, 3.63) is 102 Å². The summed E-state index contributed by atoms with van der Waals surface area (Å²) in [6.45, 7) is 2.11. The molecule has 0 aliphatic carbocycles. The van der Waals surface area contributed by atoms with Crippen molar-refractivity contribution in [1.29, 1.82) is 0 Å². The van der Waals surface area contributed by atoms with E-state index in [1.54, 1.807) is 30.3 Å². The van der Waals surface area contributed by atoms with Crippen molar-refractivity contribution in [3.8, 4) is 11.1 Å². The van der Waals surface area contributed by atoms with Gasteiger partial charge in [0.1, 0.15) is 11.2 Å². The fourth-order valence-electron chi connectivity index (χ4n) is 4.92. The van der Waals surface area contributed by atoms with E-state index < -0.39 is 15.4 Å². The van der Waals surface area contributed by atoms with Crippen molar-refractivity contribution in [1.82, 2.24) is 9.62 Å². The lowest BCUT2D eigenvalue weighted by atomic mass is 9.94. The van der Waals surface area contributed by atoms with E-state index >= 15 is 0 Å². The average Bonchev–Trinajstić information content (AvgIpc) is 3.45. The van der Waals surface area contributed by atoms with Gasteiger partial charge in [0.2, 0.25) is 15.9 Å². The third-order valence-corrected chi connectivity index (χ3v) is 10.3. The first-order valence-corrected chi connectivity index (χ1v) is 15.2. The average molecular weight is 553 g/mol. The molecule has 1 fully saturated rings. The van der Waals surface area contributed by atoms with Crippen LogP contribution >= 0.6 is 11.8 Å². The van der Waals surface area contributed by atoms with Crippen molar-refractivity contribution in [2.24, 2.45) is 0 Å². The lowest BCUT2D eigenvalue weighted by Gasteiger charge is -2.29. The molecule has 1 amide bonds. The summed E-state index contributed by atoms with van der Waals surface area (Å²) in [5, 5.41) is 2.30. The van der Waals surface area contributed by atoms with Crippen LogP contribution in [0.25, 0.3) is 11.1 Å². The summed E-state index contributed by atoms with van der Waals surface area (Å²) in [5.41, 5.74) is 3.12. The number of carbonyl (C=O) groups excluding carboxylic acids is 1. The van der Waals surface area contributed by atoms with Crippen LogP contribution in [0.5, 0.6) is 0 Å². The predicted octanol–water partition coefficient (Wildman–Crippen LogP) is 3.26. The van der Waals surface area contributed by atoms with E-state index in [1.807, 2.05) is 30.3 Å². The molecule has 0 spiro atoms. The number of benzene rings is 3. The van der Waals surface area contributed by atoms with Crippen LogP contribution < -0.4 is 10.2 Å². The molecule has 0 radical (unpaired) electrons. The smallest absolute Gasteiger partial charge is 0.249 e. The molecule has 198 valence electrons. The Morgan fingerprint density at radius 1 is 1.05 bits per heavy atom. The topological polar surface area (TPSA) is 70.9 Å². The normalized spacial score (nSPS) is 21.1. The molecule has 2 aliphatic heterocycles. The Morgan fingerprint density at radius 2 is 1.76 bits per heavy atom. The molecule has 1 saturated heterocycles. The highest BCUT2D eigenvalue weighted by Gasteiger charge is 2.41. The number of likely N-dealkylation sites (N-methyl/N-ethyl adjacent to an activating group) is 1. The molecular formula is C29H31FN3O3S2+. The minimum absolute atomic E-state index is 0.0819. The summed E-state index contributed by atoms with van der Waals surface area (Å²) in [4.78, 5) is 15.1. The molecule has 5 rings (SSSR count). The largest absolute Gasteiger partial charge is 0.343 e. The molecule has 0 saturated carbocycles. The zero-order chi connectivity index (χ0) is 26.7. The molecule has 2 aliphatic rings. The van der Waals surface area contributed by atoms with Crippen LogP contribution in [0.2, 0.25) is 0 Å². The van der Waals surface area contributed by atoms with E-state index in [2.05, 4.69) is 18.4 Å². The second-order valence-corrected chi connectivity index (χ2v) is 12.7. The van der Waals surface area contributed by atoms with Crippen LogP contribution in [0.4, 0.5) is 4.39 Å². The van der Waals surface area contributed by atoms with Crippen LogP contribution in [0.15, 0.2) is 95.4 Å². The SMILES string of the molecule is C[NH+]1CC=C([C@H](NC(=O)[C@@H]2SCCN2S(=O)(=O)c2ccc(-c3ccccc3F)cc2)c2ccccc2)CC1. The second kappa shape index (κ2) is 11.4. The summed E-state index contributed by atoms with van der Waals surface area (Å²) < 4.78 is 42.7. The Balaban J connectivity index is 1.37. The van der Waals surface area contributed by atoms with Crippen molar-refractivity contribution >= 4 is 27.7 Å². The maximum absolute atomic E-state index is 14.2. The number of nitrogens with one attached hydrogen (secondary N) is 2. The first kappa shape index (κ1) is 26.6. The summed E-state index contributed by atoms with van der Waals surface area (Å²) >= 11 is 1.33. The summed E-state index contributed by atoms with van der Waals surface area (Å²) in [5.74, 6) is -0.165. The number of hydrogen-bond acceptors (Lipinski definition) is 4. The zero-order valence-corrected chi connectivity index (χ0v) is 22.8. The first-order chi connectivity index (χ1) is 18.3. The van der Waals surface area contributed by atoms with Crippen LogP contribution in [-0.2, 0) is 14.8 Å². The highest BCUT2D eigenvalue weighted by atomic mass is 32.2. The number of quaternary nitrogens is 1. The second-order valence-electron chi connectivity index (χ2n) is 9.64. The Kier molecular flexibility index (Phi) is 7.99.